The number of para-hydroxylation sites is 1. The number of aromatic nitrogens is 3. The number of pyridine rings is 1. The minimum atomic E-state index is -0.407. The molecule has 0 spiro atoms. The van der Waals surface area contributed by atoms with E-state index in [0.717, 1.165) is 11.1 Å². The van der Waals surface area contributed by atoms with Crippen molar-refractivity contribution in [3.63, 3.8) is 0 Å². The number of fused-ring (bicyclic) bond motifs is 1. The van der Waals surface area contributed by atoms with Gasteiger partial charge in [0.05, 0.1) is 36.4 Å². The number of carbonyl (C=O) groups excluding carboxylic acids is 1. The predicted octanol–water partition coefficient (Wildman–Crippen LogP) is 2.73. The fourth-order valence-corrected chi connectivity index (χ4v) is 2.41. The Labute approximate surface area is 127 Å². The molecule has 3 rings (SSSR count). The summed E-state index contributed by atoms with van der Waals surface area (Å²) < 4.78 is 10.1. The lowest BCUT2D eigenvalue weighted by atomic mass is 10.1. The molecule has 6 nitrogen and oxygen atoms in total. The van der Waals surface area contributed by atoms with Crippen molar-refractivity contribution in [2.24, 2.45) is 0 Å². The van der Waals surface area contributed by atoms with E-state index in [4.69, 9.17) is 9.47 Å². The van der Waals surface area contributed by atoms with Gasteiger partial charge in [-0.1, -0.05) is 6.07 Å². The van der Waals surface area contributed by atoms with Gasteiger partial charge in [0.25, 0.3) is 0 Å². The third kappa shape index (κ3) is 2.18. The molecule has 0 unspecified atom stereocenters. The summed E-state index contributed by atoms with van der Waals surface area (Å²) in [6.07, 6.45) is 1.68. The molecule has 0 atom stereocenters. The molecular formula is C16H15N3O3. The molecular weight excluding hydrogens is 282 g/mol. The van der Waals surface area contributed by atoms with Crippen LogP contribution in [0.5, 0.6) is 5.88 Å². The highest BCUT2D eigenvalue weighted by atomic mass is 16.5. The lowest BCUT2D eigenvalue weighted by Crippen LogP contribution is -2.01. The van der Waals surface area contributed by atoms with Crippen LogP contribution in [0, 0.1) is 6.92 Å². The van der Waals surface area contributed by atoms with Crippen LogP contribution in [0.3, 0.4) is 0 Å². The van der Waals surface area contributed by atoms with E-state index in [2.05, 4.69) is 15.0 Å². The molecule has 112 valence electrons. The van der Waals surface area contributed by atoms with Gasteiger partial charge < -0.3 is 14.5 Å². The van der Waals surface area contributed by atoms with Crippen molar-refractivity contribution in [3.05, 3.63) is 41.6 Å². The van der Waals surface area contributed by atoms with Gasteiger partial charge in [-0.25, -0.2) is 14.8 Å². The molecule has 0 saturated carbocycles. The van der Waals surface area contributed by atoms with E-state index >= 15 is 0 Å². The molecule has 0 fully saturated rings. The molecule has 1 aromatic carbocycles. The fraction of sp³-hybridized carbons (Fsp3) is 0.188. The Hall–Kier alpha value is -2.89. The van der Waals surface area contributed by atoms with Crippen LogP contribution in [0.1, 0.15) is 15.9 Å². The first kappa shape index (κ1) is 14.1. The zero-order valence-electron chi connectivity index (χ0n) is 12.5. The van der Waals surface area contributed by atoms with Crippen LogP contribution >= 0.6 is 0 Å². The van der Waals surface area contributed by atoms with E-state index in [1.807, 2.05) is 19.1 Å². The van der Waals surface area contributed by atoms with Crippen LogP contribution in [0.25, 0.3) is 22.4 Å². The average Bonchev–Trinajstić information content (AvgIpc) is 2.97. The molecule has 6 heteroatoms. The van der Waals surface area contributed by atoms with E-state index in [1.54, 1.807) is 25.4 Å². The van der Waals surface area contributed by atoms with Crippen molar-refractivity contribution in [3.8, 4) is 17.3 Å². The summed E-state index contributed by atoms with van der Waals surface area (Å²) in [5.74, 6) is 0.683. The summed E-state index contributed by atoms with van der Waals surface area (Å²) in [7, 11) is 2.92. The van der Waals surface area contributed by atoms with Crippen LogP contribution in [-0.2, 0) is 4.74 Å². The highest BCUT2D eigenvalue weighted by Gasteiger charge is 2.18. The number of ether oxygens (including phenoxy) is 2. The smallest absolute Gasteiger partial charge is 0.340 e. The number of methoxy groups -OCH3 is 2. The maximum absolute atomic E-state index is 11.9. The molecule has 22 heavy (non-hydrogen) atoms. The number of benzene rings is 1. The Morgan fingerprint density at radius 2 is 2.05 bits per heavy atom. The SMILES string of the molecule is COC(=O)c1cccc2nc(-c3c(C)ccnc3OC)[nH]c12. The van der Waals surface area contributed by atoms with Crippen molar-refractivity contribution in [1.29, 1.82) is 0 Å². The summed E-state index contributed by atoms with van der Waals surface area (Å²) in [6.45, 7) is 1.95. The number of H-pyrrole nitrogens is 1. The summed E-state index contributed by atoms with van der Waals surface area (Å²) >= 11 is 0. The lowest BCUT2D eigenvalue weighted by molar-refractivity contribution is 0.0603. The number of imidazole rings is 1. The van der Waals surface area contributed by atoms with Crippen LogP contribution in [-0.4, -0.2) is 35.1 Å². The lowest BCUT2D eigenvalue weighted by Gasteiger charge is -2.07. The number of carbonyl (C=O) groups is 1. The maximum Gasteiger partial charge on any atom is 0.340 e. The zero-order valence-corrected chi connectivity index (χ0v) is 12.5. The minimum absolute atomic E-state index is 0.407. The second-order valence-electron chi connectivity index (χ2n) is 4.79. The fourth-order valence-electron chi connectivity index (χ4n) is 2.41. The minimum Gasteiger partial charge on any atom is -0.480 e. The van der Waals surface area contributed by atoms with Crippen LogP contribution in [0.4, 0.5) is 0 Å². The van der Waals surface area contributed by atoms with Crippen molar-refractivity contribution < 1.29 is 14.3 Å². The number of esters is 1. The second-order valence-corrected chi connectivity index (χ2v) is 4.79. The predicted molar refractivity (Wildman–Crippen MR) is 82.0 cm³/mol. The second kappa shape index (κ2) is 5.48. The highest BCUT2D eigenvalue weighted by molar-refractivity contribution is 6.02. The number of nitrogens with one attached hydrogen (secondary N) is 1. The highest BCUT2D eigenvalue weighted by Crippen LogP contribution is 2.31. The van der Waals surface area contributed by atoms with Gasteiger partial charge in [0, 0.05) is 6.20 Å². The number of hydrogen-bond acceptors (Lipinski definition) is 5. The maximum atomic E-state index is 11.9. The molecule has 0 saturated heterocycles. The average molecular weight is 297 g/mol. The van der Waals surface area contributed by atoms with Gasteiger partial charge in [-0.3, -0.25) is 0 Å². The Morgan fingerprint density at radius 1 is 1.23 bits per heavy atom. The Balaban J connectivity index is 2.24. The van der Waals surface area contributed by atoms with Crippen LogP contribution in [0.2, 0.25) is 0 Å². The van der Waals surface area contributed by atoms with Gasteiger partial charge in [-0.2, -0.15) is 0 Å². The number of hydrogen-bond donors (Lipinski definition) is 1. The molecule has 0 aliphatic rings. The van der Waals surface area contributed by atoms with Gasteiger partial charge in [-0.15, -0.1) is 0 Å². The van der Waals surface area contributed by atoms with E-state index in [9.17, 15) is 4.79 Å². The van der Waals surface area contributed by atoms with E-state index in [0.29, 0.717) is 28.3 Å². The number of aryl methyl sites for hydroxylation is 1. The molecule has 0 aliphatic carbocycles. The zero-order chi connectivity index (χ0) is 15.7. The van der Waals surface area contributed by atoms with E-state index in [1.165, 1.54) is 7.11 Å². The summed E-state index contributed by atoms with van der Waals surface area (Å²) in [6, 6.07) is 7.18. The summed E-state index contributed by atoms with van der Waals surface area (Å²) in [5, 5.41) is 0. The van der Waals surface area contributed by atoms with Gasteiger partial charge in [-0.05, 0) is 30.7 Å². The number of rotatable bonds is 3. The Morgan fingerprint density at radius 3 is 2.77 bits per heavy atom. The first-order valence-electron chi connectivity index (χ1n) is 6.72. The first-order chi connectivity index (χ1) is 10.7. The van der Waals surface area contributed by atoms with Crippen molar-refractivity contribution in [1.82, 2.24) is 15.0 Å². The van der Waals surface area contributed by atoms with Crippen molar-refractivity contribution in [2.75, 3.05) is 14.2 Å². The monoisotopic (exact) mass is 297 g/mol. The Bertz CT molecular complexity index is 855. The van der Waals surface area contributed by atoms with Gasteiger partial charge >= 0.3 is 5.97 Å². The molecule has 0 bridgehead atoms. The molecule has 2 aromatic heterocycles. The molecule has 3 aromatic rings. The molecule has 0 aliphatic heterocycles. The third-order valence-electron chi connectivity index (χ3n) is 3.48. The third-order valence-corrected chi connectivity index (χ3v) is 3.48. The van der Waals surface area contributed by atoms with Crippen LogP contribution in [0.15, 0.2) is 30.5 Å². The largest absolute Gasteiger partial charge is 0.480 e. The van der Waals surface area contributed by atoms with Gasteiger partial charge in [0.15, 0.2) is 0 Å². The number of aromatic amines is 1. The standard InChI is InChI=1S/C16H15N3O3/c1-9-7-8-17-15(21-2)12(9)14-18-11-6-4-5-10(13(11)19-14)16(20)22-3/h4-8H,1-3H3,(H,18,19). The summed E-state index contributed by atoms with van der Waals surface area (Å²) in [5.41, 5.74) is 3.51. The molecule has 0 amide bonds. The summed E-state index contributed by atoms with van der Waals surface area (Å²) in [4.78, 5) is 23.8. The molecule has 0 radical (unpaired) electrons. The topological polar surface area (TPSA) is 77.1 Å². The van der Waals surface area contributed by atoms with Crippen molar-refractivity contribution >= 4 is 17.0 Å². The molecule has 2 heterocycles. The van der Waals surface area contributed by atoms with Crippen LogP contribution < -0.4 is 4.74 Å². The molecule has 1 N–H and O–H groups in total. The van der Waals surface area contributed by atoms with E-state index in [-0.39, 0.29) is 0 Å². The Kier molecular flexibility index (Phi) is 3.50. The number of nitrogens with zero attached hydrogens (tertiary/aromatic N) is 2. The quantitative estimate of drug-likeness (QED) is 0.752. The van der Waals surface area contributed by atoms with Gasteiger partial charge in [0.1, 0.15) is 5.82 Å². The first-order valence-corrected chi connectivity index (χ1v) is 6.72. The van der Waals surface area contributed by atoms with Gasteiger partial charge in [0.2, 0.25) is 5.88 Å². The van der Waals surface area contributed by atoms with Crippen molar-refractivity contribution in [2.45, 2.75) is 6.92 Å². The normalized spacial score (nSPS) is 10.7. The van der Waals surface area contributed by atoms with E-state index < -0.39 is 5.97 Å².